The van der Waals surface area contributed by atoms with Crippen molar-refractivity contribution < 1.29 is 28.5 Å². The number of amides is 1. The maximum Gasteiger partial charge on any atom is 0.306 e. The normalized spacial score (nSPS) is 33.9. The van der Waals surface area contributed by atoms with Gasteiger partial charge in [0.15, 0.2) is 0 Å². The molecule has 3 unspecified atom stereocenters. The first-order chi connectivity index (χ1) is 16.3. The van der Waals surface area contributed by atoms with Gasteiger partial charge >= 0.3 is 5.97 Å². The first kappa shape index (κ1) is 27.1. The van der Waals surface area contributed by atoms with E-state index in [1.165, 1.54) is 5.57 Å². The van der Waals surface area contributed by atoms with Gasteiger partial charge in [-0.2, -0.15) is 0 Å². The molecule has 3 N–H and O–H groups in total. The minimum absolute atomic E-state index is 0.0323. The zero-order chi connectivity index (χ0) is 24.8. The molecule has 2 heterocycles. The Hall–Kier alpha value is -1.48. The van der Waals surface area contributed by atoms with Crippen LogP contribution in [0.2, 0.25) is 0 Å². The molecule has 34 heavy (non-hydrogen) atoms. The second-order valence-corrected chi connectivity index (χ2v) is 10.5. The molecule has 2 saturated heterocycles. The molecule has 8 nitrogen and oxygen atoms in total. The van der Waals surface area contributed by atoms with Crippen molar-refractivity contribution in [2.24, 2.45) is 11.7 Å². The van der Waals surface area contributed by atoms with Crippen LogP contribution in [0.4, 0.5) is 0 Å². The molecule has 0 radical (unpaired) electrons. The monoisotopic (exact) mass is 480 g/mol. The summed E-state index contributed by atoms with van der Waals surface area (Å²) in [7, 11) is 1.70. The largest absolute Gasteiger partial charge is 0.460 e. The average Bonchev–Trinajstić information content (AvgIpc) is 3.72. The highest BCUT2D eigenvalue weighted by Gasteiger charge is 2.72. The summed E-state index contributed by atoms with van der Waals surface area (Å²) in [6.07, 6.45) is 9.52. The number of carbonyl (C=O) groups is 2. The van der Waals surface area contributed by atoms with Crippen molar-refractivity contribution in [3.8, 4) is 0 Å². The molecule has 1 spiro atoms. The molecular weight excluding hydrogens is 436 g/mol. The summed E-state index contributed by atoms with van der Waals surface area (Å²) in [6, 6.07) is 0. The lowest BCUT2D eigenvalue weighted by molar-refractivity contribution is -0.172. The van der Waals surface area contributed by atoms with Gasteiger partial charge in [0, 0.05) is 20.1 Å². The molecule has 2 aliphatic heterocycles. The number of nitrogens with one attached hydrogen (secondary N) is 1. The lowest BCUT2D eigenvalue weighted by Gasteiger charge is -2.42. The quantitative estimate of drug-likeness (QED) is 0.170. The van der Waals surface area contributed by atoms with Crippen molar-refractivity contribution in [1.29, 1.82) is 0 Å². The number of hydrogen-bond donors (Lipinski definition) is 2. The van der Waals surface area contributed by atoms with Gasteiger partial charge < -0.3 is 30.0 Å². The fourth-order valence-corrected chi connectivity index (χ4v) is 5.52. The standard InChI is InChI=1S/C26H44N2O6/c1-18(2)11-12-20-25(3,34-20)24-23(31-4)19(13-14-26(24)17-32-26)33-22(30)10-8-6-5-7-9-15-28-21(29)16-27/h11,19-20,23-24H,5-10,12-17,27H2,1-4H3,(H,28,29)/t19?,20-,23?,24?,25-,26+/m1/s1. The Morgan fingerprint density at radius 1 is 1.18 bits per heavy atom. The minimum atomic E-state index is -0.322. The van der Waals surface area contributed by atoms with Gasteiger partial charge in [0.1, 0.15) is 23.4 Å². The second-order valence-electron chi connectivity index (χ2n) is 10.5. The number of unbranched alkanes of at least 4 members (excludes halogenated alkanes) is 4. The zero-order valence-corrected chi connectivity index (χ0v) is 21.4. The van der Waals surface area contributed by atoms with Crippen LogP contribution >= 0.6 is 0 Å². The molecule has 194 valence electrons. The molecule has 3 rings (SSSR count). The summed E-state index contributed by atoms with van der Waals surface area (Å²) in [5.74, 6) is -0.226. The number of methoxy groups -OCH3 is 1. The number of ether oxygens (including phenoxy) is 4. The number of epoxide rings is 2. The van der Waals surface area contributed by atoms with Gasteiger partial charge in [-0.05, 0) is 52.9 Å². The van der Waals surface area contributed by atoms with Crippen LogP contribution in [0.25, 0.3) is 0 Å². The summed E-state index contributed by atoms with van der Waals surface area (Å²) in [5.41, 5.74) is 6.02. The van der Waals surface area contributed by atoms with E-state index < -0.39 is 0 Å². The van der Waals surface area contributed by atoms with Gasteiger partial charge in [-0.15, -0.1) is 0 Å². The van der Waals surface area contributed by atoms with Crippen LogP contribution in [-0.2, 0) is 28.5 Å². The van der Waals surface area contributed by atoms with Crippen LogP contribution in [-0.4, -0.2) is 68.2 Å². The Kier molecular flexibility index (Phi) is 9.55. The SMILES string of the molecule is COC1C(OC(=O)CCCCCCCNC(=O)CN)CC[C@]2(CO2)C1[C@]1(C)O[C@@H]1CC=C(C)C. The first-order valence-corrected chi connectivity index (χ1v) is 12.9. The van der Waals surface area contributed by atoms with Crippen molar-refractivity contribution in [2.75, 3.05) is 26.8 Å². The second kappa shape index (κ2) is 12.0. The smallest absolute Gasteiger partial charge is 0.306 e. The maximum atomic E-state index is 12.6. The molecule has 1 amide bonds. The lowest BCUT2D eigenvalue weighted by atomic mass is 9.68. The van der Waals surface area contributed by atoms with Gasteiger partial charge in [0.25, 0.3) is 0 Å². The number of carbonyl (C=O) groups excluding carboxylic acids is 2. The summed E-state index contributed by atoms with van der Waals surface area (Å²) in [6.45, 7) is 7.77. The third-order valence-electron chi connectivity index (χ3n) is 7.59. The predicted molar refractivity (Wildman–Crippen MR) is 129 cm³/mol. The number of rotatable bonds is 14. The Bertz CT molecular complexity index is 733. The van der Waals surface area contributed by atoms with E-state index in [9.17, 15) is 9.59 Å². The summed E-state index contributed by atoms with van der Waals surface area (Å²) in [4.78, 5) is 23.7. The first-order valence-electron chi connectivity index (χ1n) is 12.9. The average molecular weight is 481 g/mol. The van der Waals surface area contributed by atoms with E-state index in [4.69, 9.17) is 24.7 Å². The van der Waals surface area contributed by atoms with Crippen molar-refractivity contribution in [1.82, 2.24) is 5.32 Å². The summed E-state index contributed by atoms with van der Waals surface area (Å²) in [5, 5.41) is 2.77. The highest BCUT2D eigenvalue weighted by molar-refractivity contribution is 5.77. The van der Waals surface area contributed by atoms with E-state index in [2.05, 4.69) is 32.2 Å². The highest BCUT2D eigenvalue weighted by Crippen LogP contribution is 2.59. The summed E-state index contributed by atoms with van der Waals surface area (Å²) >= 11 is 0. The number of allylic oxidation sites excluding steroid dienone is 1. The number of hydrogen-bond acceptors (Lipinski definition) is 7. The van der Waals surface area contributed by atoms with Crippen molar-refractivity contribution in [3.05, 3.63) is 11.6 Å². The van der Waals surface area contributed by atoms with Gasteiger partial charge in [0.2, 0.25) is 5.91 Å². The predicted octanol–water partition coefficient (Wildman–Crippen LogP) is 3.02. The van der Waals surface area contributed by atoms with E-state index in [0.717, 1.165) is 58.0 Å². The number of nitrogens with two attached hydrogens (primary N) is 1. The van der Waals surface area contributed by atoms with Crippen LogP contribution in [0.1, 0.15) is 78.6 Å². The Morgan fingerprint density at radius 3 is 2.53 bits per heavy atom. The van der Waals surface area contributed by atoms with E-state index in [1.54, 1.807) is 7.11 Å². The van der Waals surface area contributed by atoms with E-state index in [-0.39, 0.29) is 53.9 Å². The number of esters is 1. The van der Waals surface area contributed by atoms with Gasteiger partial charge in [0.05, 0.1) is 25.2 Å². The van der Waals surface area contributed by atoms with Gasteiger partial charge in [-0.1, -0.05) is 30.9 Å². The molecule has 1 aliphatic carbocycles. The molecule has 6 atom stereocenters. The van der Waals surface area contributed by atoms with Crippen molar-refractivity contribution in [2.45, 2.75) is 108 Å². The minimum Gasteiger partial charge on any atom is -0.460 e. The topological polar surface area (TPSA) is 116 Å². The Balaban J connectivity index is 1.43. The Labute approximate surface area is 204 Å². The molecule has 3 aliphatic rings. The third-order valence-corrected chi connectivity index (χ3v) is 7.59. The third kappa shape index (κ3) is 6.80. The molecule has 8 heteroatoms. The van der Waals surface area contributed by atoms with Gasteiger partial charge in [-0.3, -0.25) is 9.59 Å². The fourth-order valence-electron chi connectivity index (χ4n) is 5.52. The fraction of sp³-hybridized carbons (Fsp3) is 0.846. The molecular formula is C26H44N2O6. The Morgan fingerprint density at radius 2 is 1.88 bits per heavy atom. The van der Waals surface area contributed by atoms with Crippen LogP contribution < -0.4 is 11.1 Å². The van der Waals surface area contributed by atoms with Crippen molar-refractivity contribution in [3.63, 3.8) is 0 Å². The van der Waals surface area contributed by atoms with E-state index in [1.807, 2.05) is 0 Å². The molecule has 0 aromatic rings. The van der Waals surface area contributed by atoms with Crippen LogP contribution in [0.3, 0.4) is 0 Å². The molecule has 0 bridgehead atoms. The summed E-state index contributed by atoms with van der Waals surface area (Å²) < 4.78 is 24.1. The van der Waals surface area contributed by atoms with Crippen LogP contribution in [0, 0.1) is 5.92 Å². The molecule has 1 saturated carbocycles. The van der Waals surface area contributed by atoms with E-state index in [0.29, 0.717) is 13.0 Å². The van der Waals surface area contributed by atoms with Crippen LogP contribution in [0.15, 0.2) is 11.6 Å². The van der Waals surface area contributed by atoms with Crippen LogP contribution in [0.5, 0.6) is 0 Å². The zero-order valence-electron chi connectivity index (χ0n) is 21.4. The van der Waals surface area contributed by atoms with E-state index >= 15 is 0 Å². The van der Waals surface area contributed by atoms with Gasteiger partial charge in [-0.25, -0.2) is 0 Å². The molecule has 0 aromatic heterocycles. The molecule has 3 fully saturated rings. The molecule has 0 aromatic carbocycles. The maximum absolute atomic E-state index is 12.6. The lowest BCUT2D eigenvalue weighted by Crippen LogP contribution is -2.55. The highest BCUT2D eigenvalue weighted by atomic mass is 16.6. The van der Waals surface area contributed by atoms with Crippen molar-refractivity contribution >= 4 is 11.9 Å².